The molecule has 0 aromatic heterocycles. The van der Waals surface area contributed by atoms with Gasteiger partial charge in [-0.3, -0.25) is 4.79 Å². The highest BCUT2D eigenvalue weighted by Crippen LogP contribution is 2.20. The highest BCUT2D eigenvalue weighted by Gasteiger charge is 2.29. The molecule has 6 nitrogen and oxygen atoms in total. The lowest BCUT2D eigenvalue weighted by Gasteiger charge is -2.12. The Kier molecular flexibility index (Phi) is 4.56. The number of carbonyl (C=O) groups excluding carboxylic acids is 2. The summed E-state index contributed by atoms with van der Waals surface area (Å²) in [7, 11) is 1.29. The van der Waals surface area contributed by atoms with E-state index < -0.39 is 12.1 Å². The number of benzene rings is 2. The normalized spacial score (nSPS) is 16.0. The summed E-state index contributed by atoms with van der Waals surface area (Å²) < 4.78 is 4.71. The maximum Gasteiger partial charge on any atom is 0.339 e. The number of esters is 1. The van der Waals surface area contributed by atoms with E-state index in [0.29, 0.717) is 12.1 Å². The van der Waals surface area contributed by atoms with Crippen molar-refractivity contribution < 1.29 is 19.2 Å². The molecule has 2 aromatic rings. The number of nitrogens with one attached hydrogen (secondary N) is 1. The van der Waals surface area contributed by atoms with Crippen molar-refractivity contribution in [3.05, 3.63) is 65.7 Å². The van der Waals surface area contributed by atoms with E-state index in [0.717, 1.165) is 11.3 Å². The minimum atomic E-state index is -0.731. The van der Waals surface area contributed by atoms with E-state index in [1.807, 2.05) is 30.3 Å². The summed E-state index contributed by atoms with van der Waals surface area (Å²) in [6.07, 6.45) is -0.359. The third kappa shape index (κ3) is 3.27. The molecule has 0 spiro atoms. The number of amides is 1. The number of oxime groups is 1. The van der Waals surface area contributed by atoms with E-state index in [1.54, 1.807) is 24.3 Å². The Balaban J connectivity index is 1.69. The second-order valence-corrected chi connectivity index (χ2v) is 5.23. The Morgan fingerprint density at radius 3 is 2.58 bits per heavy atom. The molecule has 0 unspecified atom stereocenters. The summed E-state index contributed by atoms with van der Waals surface area (Å²) >= 11 is 0. The van der Waals surface area contributed by atoms with Gasteiger partial charge >= 0.3 is 5.97 Å². The van der Waals surface area contributed by atoms with Gasteiger partial charge in [0, 0.05) is 6.42 Å². The maximum absolute atomic E-state index is 12.4. The molecular weight excluding hydrogens is 308 g/mol. The zero-order valence-corrected chi connectivity index (χ0v) is 13.1. The molecule has 0 radical (unpaired) electrons. The second kappa shape index (κ2) is 6.95. The third-order valence-electron chi connectivity index (χ3n) is 3.66. The lowest BCUT2D eigenvalue weighted by molar-refractivity contribution is -0.125. The molecule has 0 saturated heterocycles. The number of ether oxygens (including phenoxy) is 1. The molecule has 0 bridgehead atoms. The molecule has 1 amide bonds. The number of methoxy groups -OCH3 is 1. The van der Waals surface area contributed by atoms with Crippen LogP contribution in [0, 0.1) is 0 Å². The van der Waals surface area contributed by atoms with Gasteiger partial charge in [0.2, 0.25) is 6.10 Å². The van der Waals surface area contributed by atoms with Crippen LogP contribution in [-0.4, -0.2) is 30.8 Å². The lowest BCUT2D eigenvalue weighted by atomic mass is 10.0. The van der Waals surface area contributed by atoms with E-state index in [1.165, 1.54) is 7.11 Å². The average molecular weight is 324 g/mol. The van der Waals surface area contributed by atoms with Crippen LogP contribution in [0.25, 0.3) is 0 Å². The zero-order chi connectivity index (χ0) is 16.9. The largest absolute Gasteiger partial charge is 0.465 e. The van der Waals surface area contributed by atoms with Gasteiger partial charge in [0.1, 0.15) is 0 Å². The van der Waals surface area contributed by atoms with Crippen LogP contribution in [0.2, 0.25) is 0 Å². The Bertz CT molecular complexity index is 787. The first-order valence-electron chi connectivity index (χ1n) is 7.45. The summed E-state index contributed by atoms with van der Waals surface area (Å²) in [6.45, 7) is 0. The predicted octanol–water partition coefficient (Wildman–Crippen LogP) is 2.60. The second-order valence-electron chi connectivity index (χ2n) is 5.23. The third-order valence-corrected chi connectivity index (χ3v) is 3.66. The molecule has 1 aliphatic heterocycles. The Labute approximate surface area is 139 Å². The summed E-state index contributed by atoms with van der Waals surface area (Å²) in [6, 6.07) is 16.2. The number of rotatable bonds is 4. The van der Waals surface area contributed by atoms with Gasteiger partial charge in [0.05, 0.1) is 24.1 Å². The molecule has 1 aliphatic rings. The Morgan fingerprint density at radius 1 is 1.12 bits per heavy atom. The molecule has 1 N–H and O–H groups in total. The van der Waals surface area contributed by atoms with Crippen LogP contribution in [0.5, 0.6) is 0 Å². The maximum atomic E-state index is 12.4. The minimum Gasteiger partial charge on any atom is -0.465 e. The van der Waals surface area contributed by atoms with Crippen LogP contribution in [0.3, 0.4) is 0 Å². The van der Waals surface area contributed by atoms with Gasteiger partial charge in [0.15, 0.2) is 0 Å². The van der Waals surface area contributed by atoms with E-state index in [-0.39, 0.29) is 11.5 Å². The van der Waals surface area contributed by atoms with Crippen LogP contribution in [0.15, 0.2) is 59.8 Å². The smallest absolute Gasteiger partial charge is 0.339 e. The summed E-state index contributed by atoms with van der Waals surface area (Å²) in [5.74, 6) is -0.875. The molecule has 1 atom stereocenters. The fraction of sp³-hybridized carbons (Fsp3) is 0.167. The summed E-state index contributed by atoms with van der Waals surface area (Å²) in [5.41, 5.74) is 2.31. The van der Waals surface area contributed by atoms with Crippen LogP contribution in [0.1, 0.15) is 22.3 Å². The minimum absolute atomic E-state index is 0.288. The first-order chi connectivity index (χ1) is 11.7. The predicted molar refractivity (Wildman–Crippen MR) is 88.9 cm³/mol. The number of hydrogen-bond donors (Lipinski definition) is 1. The Hall–Kier alpha value is -3.15. The van der Waals surface area contributed by atoms with Gasteiger partial charge < -0.3 is 14.9 Å². The van der Waals surface area contributed by atoms with Crippen LogP contribution < -0.4 is 5.32 Å². The number of nitrogens with zero attached hydrogens (tertiary/aromatic N) is 1. The zero-order valence-electron chi connectivity index (χ0n) is 13.1. The van der Waals surface area contributed by atoms with Gasteiger partial charge in [-0.25, -0.2) is 4.79 Å². The average Bonchev–Trinajstić information content (AvgIpc) is 3.12. The monoisotopic (exact) mass is 324 g/mol. The van der Waals surface area contributed by atoms with Gasteiger partial charge in [0.25, 0.3) is 5.91 Å². The molecule has 2 aromatic carbocycles. The number of anilines is 1. The molecule has 1 heterocycles. The molecular formula is C18H16N2O4. The van der Waals surface area contributed by atoms with E-state index >= 15 is 0 Å². The van der Waals surface area contributed by atoms with Crippen LogP contribution >= 0.6 is 0 Å². The van der Waals surface area contributed by atoms with Crippen molar-refractivity contribution in [3.8, 4) is 0 Å². The number of hydrogen-bond acceptors (Lipinski definition) is 5. The summed E-state index contributed by atoms with van der Waals surface area (Å²) in [4.78, 5) is 29.4. The van der Waals surface area contributed by atoms with Crippen molar-refractivity contribution in [3.63, 3.8) is 0 Å². The number of carbonyl (C=O) groups is 2. The van der Waals surface area contributed by atoms with E-state index in [2.05, 4.69) is 10.5 Å². The molecule has 24 heavy (non-hydrogen) atoms. The highest BCUT2D eigenvalue weighted by atomic mass is 16.6. The van der Waals surface area contributed by atoms with E-state index in [4.69, 9.17) is 9.57 Å². The van der Waals surface area contributed by atoms with Gasteiger partial charge in [-0.1, -0.05) is 47.6 Å². The summed E-state index contributed by atoms with van der Waals surface area (Å²) in [5, 5.41) is 6.69. The lowest BCUT2D eigenvalue weighted by Crippen LogP contribution is -2.28. The van der Waals surface area contributed by atoms with Crippen molar-refractivity contribution in [2.75, 3.05) is 12.4 Å². The molecule has 3 rings (SSSR count). The van der Waals surface area contributed by atoms with Gasteiger partial charge in [-0.15, -0.1) is 0 Å². The molecule has 6 heteroatoms. The molecule has 0 fully saturated rings. The van der Waals surface area contributed by atoms with Crippen molar-refractivity contribution in [1.82, 2.24) is 0 Å². The fourth-order valence-corrected chi connectivity index (χ4v) is 2.41. The standard InChI is InChI=1S/C18H16N2O4/c1-23-18(22)13-9-5-6-10-14(13)19-17(21)16-11-15(20-24-16)12-7-3-2-4-8-12/h2-10,16H,11H2,1H3,(H,19,21)/t16-/m1/s1. The highest BCUT2D eigenvalue weighted by molar-refractivity contribution is 6.07. The van der Waals surface area contributed by atoms with Crippen molar-refractivity contribution in [2.45, 2.75) is 12.5 Å². The first kappa shape index (κ1) is 15.7. The number of para-hydroxylation sites is 1. The van der Waals surface area contributed by atoms with Gasteiger partial charge in [-0.05, 0) is 17.7 Å². The molecule has 0 aliphatic carbocycles. The molecule has 122 valence electrons. The van der Waals surface area contributed by atoms with Crippen LogP contribution in [0.4, 0.5) is 5.69 Å². The van der Waals surface area contributed by atoms with Crippen molar-refractivity contribution in [1.29, 1.82) is 0 Å². The Morgan fingerprint density at radius 2 is 1.83 bits per heavy atom. The van der Waals surface area contributed by atoms with E-state index in [9.17, 15) is 9.59 Å². The van der Waals surface area contributed by atoms with Crippen LogP contribution in [-0.2, 0) is 14.4 Å². The first-order valence-corrected chi connectivity index (χ1v) is 7.45. The van der Waals surface area contributed by atoms with Crippen molar-refractivity contribution in [2.24, 2.45) is 5.16 Å². The fourth-order valence-electron chi connectivity index (χ4n) is 2.41. The SMILES string of the molecule is COC(=O)c1ccccc1NC(=O)[C@H]1CC(c2ccccc2)=NO1. The van der Waals surface area contributed by atoms with Gasteiger partial charge in [-0.2, -0.15) is 0 Å². The topological polar surface area (TPSA) is 77.0 Å². The molecule has 0 saturated carbocycles. The quantitative estimate of drug-likeness (QED) is 0.877. The van der Waals surface area contributed by atoms with Crippen molar-refractivity contribution >= 4 is 23.3 Å².